The van der Waals surface area contributed by atoms with E-state index in [0.717, 1.165) is 52.0 Å². The molecule has 0 spiro atoms. The number of hydrogen-bond donors (Lipinski definition) is 1. The van der Waals surface area contributed by atoms with E-state index in [2.05, 4.69) is 50.0 Å². The van der Waals surface area contributed by atoms with Crippen LogP contribution in [-0.4, -0.2) is 19.7 Å². The molecule has 2 aromatic heterocycles. The van der Waals surface area contributed by atoms with Crippen molar-refractivity contribution in [1.29, 1.82) is 0 Å². The first kappa shape index (κ1) is 27.1. The van der Waals surface area contributed by atoms with E-state index in [-0.39, 0.29) is 11.0 Å². The minimum Gasteiger partial charge on any atom is -0.296 e. The number of aryl methyl sites for hydroxylation is 2. The summed E-state index contributed by atoms with van der Waals surface area (Å²) >= 11 is 0. The molecule has 5 rings (SSSR count). The molecule has 40 heavy (non-hydrogen) atoms. The van der Waals surface area contributed by atoms with E-state index in [0.29, 0.717) is 18.1 Å². The van der Waals surface area contributed by atoms with Gasteiger partial charge in [-0.05, 0) is 53.1 Å². The fourth-order valence-corrected chi connectivity index (χ4v) is 5.05. The molecule has 3 aromatic carbocycles. The molecule has 0 atom stereocenters. The number of aromatic nitrogens is 4. The predicted octanol–water partition coefficient (Wildman–Crippen LogP) is 6.39. The van der Waals surface area contributed by atoms with Gasteiger partial charge in [-0.25, -0.2) is 9.78 Å². The molecular weight excluding hydrogens is 500 g/mol. The summed E-state index contributed by atoms with van der Waals surface area (Å²) in [5.41, 5.74) is 7.31. The molecule has 204 valence electrons. The Labute approximate surface area is 233 Å². The van der Waals surface area contributed by atoms with E-state index < -0.39 is 5.76 Å². The summed E-state index contributed by atoms with van der Waals surface area (Å²) in [7, 11) is 0. The van der Waals surface area contributed by atoms with Gasteiger partial charge in [-0.1, -0.05) is 99.9 Å². The molecule has 7 heteroatoms. The zero-order valence-electron chi connectivity index (χ0n) is 23.6. The van der Waals surface area contributed by atoms with Crippen molar-refractivity contribution in [2.45, 2.75) is 59.3 Å². The molecule has 2 heterocycles. The van der Waals surface area contributed by atoms with E-state index in [1.807, 2.05) is 67.6 Å². The number of hydrogen-bond acceptors (Lipinski definition) is 5. The van der Waals surface area contributed by atoms with Crippen LogP contribution < -0.4 is 11.3 Å². The largest absolute Gasteiger partial charge is 0.439 e. The van der Waals surface area contributed by atoms with Crippen LogP contribution in [0.15, 0.2) is 86.9 Å². The highest BCUT2D eigenvalue weighted by molar-refractivity contribution is 5.80. The Hall–Kier alpha value is -4.52. The Morgan fingerprint density at radius 3 is 2.17 bits per heavy atom. The Bertz CT molecular complexity index is 1750. The molecule has 5 aromatic rings. The Kier molecular flexibility index (Phi) is 7.39. The smallest absolute Gasteiger partial charge is 0.296 e. The third-order valence-corrected chi connectivity index (χ3v) is 7.18. The van der Waals surface area contributed by atoms with Crippen molar-refractivity contribution in [2.24, 2.45) is 0 Å². The average molecular weight is 535 g/mol. The first-order valence-corrected chi connectivity index (χ1v) is 13.6. The van der Waals surface area contributed by atoms with Crippen LogP contribution in [0.25, 0.3) is 28.2 Å². The molecule has 0 saturated heterocycles. The predicted molar refractivity (Wildman–Crippen MR) is 158 cm³/mol. The van der Waals surface area contributed by atoms with Crippen molar-refractivity contribution in [3.05, 3.63) is 122 Å². The fraction of sp³-hybridized carbons (Fsp3) is 0.273. The normalized spacial score (nSPS) is 11.6. The molecule has 0 bridgehead atoms. The second kappa shape index (κ2) is 10.9. The average Bonchev–Trinajstić information content (AvgIpc) is 3.37. The van der Waals surface area contributed by atoms with Crippen LogP contribution in [0.2, 0.25) is 0 Å². The third kappa shape index (κ3) is 5.45. The summed E-state index contributed by atoms with van der Waals surface area (Å²) in [5, 5.41) is 3.85. The van der Waals surface area contributed by atoms with E-state index in [1.165, 1.54) is 5.56 Å². The molecular formula is C33H34N4O3. The summed E-state index contributed by atoms with van der Waals surface area (Å²) in [6, 6.07) is 24.0. The highest BCUT2D eigenvalue weighted by Gasteiger charge is 2.18. The molecule has 0 fully saturated rings. The maximum Gasteiger partial charge on any atom is 0.439 e. The van der Waals surface area contributed by atoms with Gasteiger partial charge < -0.3 is 0 Å². The van der Waals surface area contributed by atoms with Crippen molar-refractivity contribution in [3.8, 4) is 28.2 Å². The molecule has 0 amide bonds. The topological polar surface area (TPSA) is 93.8 Å². The summed E-state index contributed by atoms with van der Waals surface area (Å²) in [5.74, 6) is 0.486. The lowest BCUT2D eigenvalue weighted by Crippen LogP contribution is -2.28. The molecule has 0 aliphatic heterocycles. The van der Waals surface area contributed by atoms with Crippen LogP contribution in [0.1, 0.15) is 62.3 Å². The maximum atomic E-state index is 13.9. The summed E-state index contributed by atoms with van der Waals surface area (Å²) in [6.45, 7) is 10.5. The van der Waals surface area contributed by atoms with Gasteiger partial charge in [-0.2, -0.15) is 0 Å². The number of nitrogens with one attached hydrogen (secondary N) is 1. The molecule has 0 aliphatic rings. The summed E-state index contributed by atoms with van der Waals surface area (Å²) in [4.78, 5) is 33.0. The van der Waals surface area contributed by atoms with Crippen molar-refractivity contribution >= 4 is 0 Å². The molecule has 1 N–H and O–H groups in total. The van der Waals surface area contributed by atoms with E-state index in [9.17, 15) is 9.59 Å². The SMILES string of the molecule is CCCc1nc(C)n(-c2ccc(C(C)(C)C)cc2)c(=O)c1Cc1ccc(-c2ccccc2-c2noc(=O)[nH]2)cc1. The van der Waals surface area contributed by atoms with E-state index in [4.69, 9.17) is 9.51 Å². The van der Waals surface area contributed by atoms with Gasteiger partial charge in [0.15, 0.2) is 5.82 Å². The lowest BCUT2D eigenvalue weighted by molar-refractivity contribution is 0.388. The van der Waals surface area contributed by atoms with Crippen LogP contribution in [0, 0.1) is 6.92 Å². The lowest BCUT2D eigenvalue weighted by Gasteiger charge is -2.20. The van der Waals surface area contributed by atoms with Gasteiger partial charge in [-0.15, -0.1) is 0 Å². The Morgan fingerprint density at radius 1 is 0.900 bits per heavy atom. The zero-order valence-corrected chi connectivity index (χ0v) is 23.6. The number of H-pyrrole nitrogens is 1. The number of nitrogens with zero attached hydrogens (tertiary/aromatic N) is 3. The monoisotopic (exact) mass is 534 g/mol. The molecule has 0 unspecified atom stereocenters. The van der Waals surface area contributed by atoms with Gasteiger partial charge in [0.25, 0.3) is 5.56 Å². The van der Waals surface area contributed by atoms with Gasteiger partial charge in [0.2, 0.25) is 0 Å². The van der Waals surface area contributed by atoms with Crippen LogP contribution in [-0.2, 0) is 18.3 Å². The summed E-state index contributed by atoms with van der Waals surface area (Å²) < 4.78 is 6.44. The van der Waals surface area contributed by atoms with Gasteiger partial charge in [0, 0.05) is 17.5 Å². The van der Waals surface area contributed by atoms with Crippen molar-refractivity contribution in [3.63, 3.8) is 0 Å². The van der Waals surface area contributed by atoms with Crippen molar-refractivity contribution in [2.75, 3.05) is 0 Å². The van der Waals surface area contributed by atoms with Gasteiger partial charge in [-0.3, -0.25) is 18.9 Å². The zero-order chi connectivity index (χ0) is 28.4. The van der Waals surface area contributed by atoms with Crippen LogP contribution in [0.4, 0.5) is 0 Å². The number of rotatable bonds is 7. The molecule has 7 nitrogen and oxygen atoms in total. The summed E-state index contributed by atoms with van der Waals surface area (Å²) in [6.07, 6.45) is 2.14. The second-order valence-electron chi connectivity index (χ2n) is 11.1. The van der Waals surface area contributed by atoms with Crippen LogP contribution in [0.5, 0.6) is 0 Å². The highest BCUT2D eigenvalue weighted by atomic mass is 16.5. The maximum absolute atomic E-state index is 13.9. The first-order valence-electron chi connectivity index (χ1n) is 13.6. The molecule has 0 saturated carbocycles. The highest BCUT2D eigenvalue weighted by Crippen LogP contribution is 2.30. The number of benzene rings is 3. The minimum absolute atomic E-state index is 0.0242. The third-order valence-electron chi connectivity index (χ3n) is 7.18. The second-order valence-corrected chi connectivity index (χ2v) is 11.1. The first-order chi connectivity index (χ1) is 19.2. The lowest BCUT2D eigenvalue weighted by atomic mass is 9.87. The fourth-order valence-electron chi connectivity index (χ4n) is 5.05. The Morgan fingerprint density at radius 2 is 1.57 bits per heavy atom. The Balaban J connectivity index is 1.50. The van der Waals surface area contributed by atoms with Crippen molar-refractivity contribution < 1.29 is 4.52 Å². The molecule has 0 radical (unpaired) electrons. The minimum atomic E-state index is -0.592. The number of aromatic amines is 1. The van der Waals surface area contributed by atoms with Gasteiger partial charge in [0.05, 0.1) is 11.4 Å². The van der Waals surface area contributed by atoms with Gasteiger partial charge >= 0.3 is 5.76 Å². The van der Waals surface area contributed by atoms with Gasteiger partial charge in [0.1, 0.15) is 5.82 Å². The van der Waals surface area contributed by atoms with Crippen LogP contribution >= 0.6 is 0 Å². The van der Waals surface area contributed by atoms with E-state index in [1.54, 1.807) is 4.57 Å². The quantitative estimate of drug-likeness (QED) is 0.261. The van der Waals surface area contributed by atoms with Crippen LogP contribution in [0.3, 0.4) is 0 Å². The molecule has 0 aliphatic carbocycles. The van der Waals surface area contributed by atoms with Crippen molar-refractivity contribution in [1.82, 2.24) is 19.7 Å². The van der Waals surface area contributed by atoms with E-state index >= 15 is 0 Å². The standard InChI is InChI=1S/C33H34N4O3/c1-6-9-29-28(31(38)37(21(2)34-29)25-18-16-24(17-19-25)33(3,4)5)20-22-12-14-23(15-13-22)26-10-7-8-11-27(26)30-35-32(39)40-36-30/h7-8,10-19H,6,9,20H2,1-5H3,(H,35,36,39).